The number of hydrogen-bond donors (Lipinski definition) is 2. The summed E-state index contributed by atoms with van der Waals surface area (Å²) < 4.78 is 5.22. The largest absolute Gasteiger partial charge is 0.497 e. The molecule has 0 saturated carbocycles. The first-order valence-electron chi connectivity index (χ1n) is 9.14. The highest BCUT2D eigenvalue weighted by Crippen LogP contribution is 2.32. The molecule has 2 aromatic rings. The highest BCUT2D eigenvalue weighted by atomic mass is 16.5. The number of hydrogen-bond acceptors (Lipinski definition) is 4. The van der Waals surface area contributed by atoms with Gasteiger partial charge < -0.3 is 15.8 Å². The number of carbonyl (C=O) groups is 2. The number of likely N-dealkylation sites (tertiary alicyclic amines) is 1. The number of carbonyl (C=O) groups excluding carboxylic acids is 2. The van der Waals surface area contributed by atoms with Crippen molar-refractivity contribution >= 4 is 17.5 Å². The Labute approximate surface area is 159 Å². The lowest BCUT2D eigenvalue weighted by Gasteiger charge is -2.24. The summed E-state index contributed by atoms with van der Waals surface area (Å²) in [5, 5.41) is 2.87. The molecule has 0 aliphatic carbocycles. The summed E-state index contributed by atoms with van der Waals surface area (Å²) in [4.78, 5) is 25.7. The number of anilines is 1. The first kappa shape index (κ1) is 18.9. The second-order valence-electron chi connectivity index (χ2n) is 6.71. The molecule has 6 nitrogen and oxygen atoms in total. The normalized spacial score (nSPS) is 16.9. The van der Waals surface area contributed by atoms with Gasteiger partial charge in [0.2, 0.25) is 11.8 Å². The Balaban J connectivity index is 1.53. The van der Waals surface area contributed by atoms with Gasteiger partial charge >= 0.3 is 0 Å². The van der Waals surface area contributed by atoms with Gasteiger partial charge in [0, 0.05) is 30.3 Å². The lowest BCUT2D eigenvalue weighted by Crippen LogP contribution is -2.27. The summed E-state index contributed by atoms with van der Waals surface area (Å²) in [5.74, 6) is 0.332. The Kier molecular flexibility index (Phi) is 6.08. The monoisotopic (exact) mass is 367 g/mol. The van der Waals surface area contributed by atoms with Gasteiger partial charge in [0.05, 0.1) is 7.11 Å². The first-order valence-corrected chi connectivity index (χ1v) is 9.14. The minimum absolute atomic E-state index is 0.0396. The van der Waals surface area contributed by atoms with Crippen LogP contribution in [-0.4, -0.2) is 36.9 Å². The van der Waals surface area contributed by atoms with Crippen LogP contribution in [-0.2, 0) is 4.79 Å². The third-order valence-electron chi connectivity index (χ3n) is 4.94. The van der Waals surface area contributed by atoms with Crippen LogP contribution < -0.4 is 15.8 Å². The molecule has 1 aliphatic rings. The maximum Gasteiger partial charge on any atom is 0.248 e. The van der Waals surface area contributed by atoms with E-state index in [-0.39, 0.29) is 5.91 Å². The van der Waals surface area contributed by atoms with Crippen molar-refractivity contribution in [1.82, 2.24) is 4.90 Å². The topological polar surface area (TPSA) is 84.7 Å². The summed E-state index contributed by atoms with van der Waals surface area (Å²) in [6.07, 6.45) is 2.65. The molecular weight excluding hydrogens is 342 g/mol. The lowest BCUT2D eigenvalue weighted by atomic mass is 10.0. The summed E-state index contributed by atoms with van der Waals surface area (Å²) in [6.45, 7) is 1.71. The van der Waals surface area contributed by atoms with Gasteiger partial charge in [-0.15, -0.1) is 0 Å². The van der Waals surface area contributed by atoms with Crippen LogP contribution in [0.1, 0.15) is 41.2 Å². The Hall–Kier alpha value is -2.86. The van der Waals surface area contributed by atoms with E-state index in [0.29, 0.717) is 30.3 Å². The van der Waals surface area contributed by atoms with E-state index in [4.69, 9.17) is 10.5 Å². The fourth-order valence-electron chi connectivity index (χ4n) is 3.48. The van der Waals surface area contributed by atoms with E-state index >= 15 is 0 Å². The maximum atomic E-state index is 12.3. The van der Waals surface area contributed by atoms with Gasteiger partial charge in [-0.1, -0.05) is 12.1 Å². The van der Waals surface area contributed by atoms with Crippen LogP contribution in [0.5, 0.6) is 5.75 Å². The fourth-order valence-corrected chi connectivity index (χ4v) is 3.48. The SMILES string of the molecule is COc1ccc([C@@H]2CCCN2CCC(=O)Nc2ccc(C(N)=O)cc2)cc1. The smallest absolute Gasteiger partial charge is 0.248 e. The number of nitrogens with two attached hydrogens (primary N) is 1. The van der Waals surface area contributed by atoms with Crippen molar-refractivity contribution in [1.29, 1.82) is 0 Å². The van der Waals surface area contributed by atoms with E-state index in [9.17, 15) is 9.59 Å². The maximum absolute atomic E-state index is 12.3. The summed E-state index contributed by atoms with van der Waals surface area (Å²) in [6, 6.07) is 15.1. The predicted molar refractivity (Wildman–Crippen MR) is 105 cm³/mol. The summed E-state index contributed by atoms with van der Waals surface area (Å²) >= 11 is 0. The molecule has 0 unspecified atom stereocenters. The van der Waals surface area contributed by atoms with Crippen LogP contribution in [0.4, 0.5) is 5.69 Å². The molecule has 3 N–H and O–H groups in total. The van der Waals surface area contributed by atoms with Gasteiger partial charge in [-0.2, -0.15) is 0 Å². The Morgan fingerprint density at radius 3 is 2.48 bits per heavy atom. The van der Waals surface area contributed by atoms with Crippen molar-refractivity contribution in [3.63, 3.8) is 0 Å². The predicted octanol–water partition coefficient (Wildman–Crippen LogP) is 2.96. The molecule has 0 aromatic heterocycles. The van der Waals surface area contributed by atoms with E-state index < -0.39 is 5.91 Å². The molecule has 27 heavy (non-hydrogen) atoms. The van der Waals surface area contributed by atoms with Crippen molar-refractivity contribution in [2.75, 3.05) is 25.5 Å². The van der Waals surface area contributed by atoms with Crippen molar-refractivity contribution in [2.45, 2.75) is 25.3 Å². The molecular formula is C21H25N3O3. The fraction of sp³-hybridized carbons (Fsp3) is 0.333. The van der Waals surface area contributed by atoms with E-state index in [0.717, 1.165) is 25.1 Å². The molecule has 1 saturated heterocycles. The number of rotatable bonds is 7. The molecule has 2 amide bonds. The minimum atomic E-state index is -0.480. The van der Waals surface area contributed by atoms with Gasteiger partial charge in [0.1, 0.15) is 5.75 Å². The van der Waals surface area contributed by atoms with Crippen molar-refractivity contribution in [2.24, 2.45) is 5.73 Å². The molecule has 1 atom stereocenters. The average Bonchev–Trinajstić information content (AvgIpc) is 3.15. The van der Waals surface area contributed by atoms with Gasteiger partial charge in [-0.3, -0.25) is 14.5 Å². The molecule has 0 radical (unpaired) electrons. The van der Waals surface area contributed by atoms with Crippen LogP contribution in [0.3, 0.4) is 0 Å². The summed E-state index contributed by atoms with van der Waals surface area (Å²) in [7, 11) is 1.66. The van der Waals surface area contributed by atoms with E-state index in [1.807, 2.05) is 12.1 Å². The van der Waals surface area contributed by atoms with Crippen LogP contribution in [0.2, 0.25) is 0 Å². The number of methoxy groups -OCH3 is 1. The molecule has 0 bridgehead atoms. The second-order valence-corrected chi connectivity index (χ2v) is 6.71. The van der Waals surface area contributed by atoms with Crippen molar-refractivity contribution < 1.29 is 14.3 Å². The lowest BCUT2D eigenvalue weighted by molar-refractivity contribution is -0.116. The molecule has 6 heteroatoms. The van der Waals surface area contributed by atoms with Crippen LogP contribution in [0, 0.1) is 0 Å². The summed E-state index contributed by atoms with van der Waals surface area (Å²) in [5.41, 5.74) is 7.57. The molecule has 1 aliphatic heterocycles. The highest BCUT2D eigenvalue weighted by Gasteiger charge is 2.26. The number of benzene rings is 2. The van der Waals surface area contributed by atoms with Crippen molar-refractivity contribution in [3.8, 4) is 5.75 Å². The van der Waals surface area contributed by atoms with Gasteiger partial charge in [-0.05, 0) is 61.3 Å². The van der Waals surface area contributed by atoms with Crippen molar-refractivity contribution in [3.05, 3.63) is 59.7 Å². The molecule has 1 heterocycles. The third kappa shape index (κ3) is 4.86. The Morgan fingerprint density at radius 1 is 1.15 bits per heavy atom. The molecule has 2 aromatic carbocycles. The number of amides is 2. The molecule has 0 spiro atoms. The van der Waals surface area contributed by atoms with E-state index in [1.54, 1.807) is 31.4 Å². The number of nitrogens with zero attached hydrogens (tertiary/aromatic N) is 1. The quantitative estimate of drug-likeness (QED) is 0.788. The molecule has 142 valence electrons. The Morgan fingerprint density at radius 2 is 1.85 bits per heavy atom. The third-order valence-corrected chi connectivity index (χ3v) is 4.94. The minimum Gasteiger partial charge on any atom is -0.497 e. The molecule has 1 fully saturated rings. The second kappa shape index (κ2) is 8.68. The molecule has 3 rings (SSSR count). The zero-order chi connectivity index (χ0) is 19.2. The zero-order valence-corrected chi connectivity index (χ0v) is 15.5. The highest BCUT2D eigenvalue weighted by molar-refractivity contribution is 5.94. The van der Waals surface area contributed by atoms with Crippen LogP contribution in [0.25, 0.3) is 0 Å². The van der Waals surface area contributed by atoms with Gasteiger partial charge in [0.25, 0.3) is 0 Å². The standard InChI is InChI=1S/C21H25N3O3/c1-27-18-10-6-15(7-11-18)19-3-2-13-24(19)14-12-20(25)23-17-8-4-16(5-9-17)21(22)26/h4-11,19H,2-3,12-14H2,1H3,(H2,22,26)(H,23,25)/t19-/m0/s1. The number of primary amides is 1. The van der Waals surface area contributed by atoms with Gasteiger partial charge in [-0.25, -0.2) is 0 Å². The Bertz CT molecular complexity index is 787. The average molecular weight is 367 g/mol. The number of nitrogens with one attached hydrogen (secondary N) is 1. The van der Waals surface area contributed by atoms with E-state index in [1.165, 1.54) is 5.56 Å². The first-order chi connectivity index (χ1) is 13.1. The van der Waals surface area contributed by atoms with Gasteiger partial charge in [0.15, 0.2) is 0 Å². The van der Waals surface area contributed by atoms with E-state index in [2.05, 4.69) is 22.3 Å². The van der Waals surface area contributed by atoms with Crippen LogP contribution in [0.15, 0.2) is 48.5 Å². The zero-order valence-electron chi connectivity index (χ0n) is 15.5. The number of ether oxygens (including phenoxy) is 1. The van der Waals surface area contributed by atoms with Crippen LogP contribution >= 0.6 is 0 Å².